The number of nitrogens with zero attached hydrogens (tertiary/aromatic N) is 1. The summed E-state index contributed by atoms with van der Waals surface area (Å²) in [6, 6.07) is 26.4. The molecule has 0 aliphatic rings. The predicted octanol–water partition coefficient (Wildman–Crippen LogP) is 4.84. The lowest BCUT2D eigenvalue weighted by molar-refractivity contribution is -0.700. The van der Waals surface area contributed by atoms with Gasteiger partial charge in [-0.1, -0.05) is 54.6 Å². The number of benzene rings is 3. The molecule has 1 heterocycles. The van der Waals surface area contributed by atoms with Gasteiger partial charge in [-0.05, 0) is 64.2 Å². The second-order valence-corrected chi connectivity index (χ2v) is 8.46. The monoisotopic (exact) mass is 500 g/mol. The number of imidazole rings is 1. The largest absolute Gasteiger partial charge is 0.324 e. The molecule has 140 valence electrons. The number of aromatic amines is 1. The first-order valence-electron chi connectivity index (χ1n) is 8.92. The minimum absolute atomic E-state index is 0.0148. The first-order valence-corrected chi connectivity index (χ1v) is 11.0. The Morgan fingerprint density at radius 1 is 0.964 bits per heavy atom. The van der Waals surface area contributed by atoms with Crippen LogP contribution in [0.4, 0.5) is 5.69 Å². The van der Waals surface area contributed by atoms with Crippen LogP contribution in [0.25, 0.3) is 11.0 Å². The molecule has 0 aliphatic heterocycles. The molecule has 4 rings (SSSR count). The van der Waals surface area contributed by atoms with Gasteiger partial charge in [-0.2, -0.15) is 0 Å². The van der Waals surface area contributed by atoms with Gasteiger partial charge < -0.3 is 5.32 Å². The molecule has 3 aromatic carbocycles. The third-order valence-corrected chi connectivity index (χ3v) is 6.30. The van der Waals surface area contributed by atoms with Crippen LogP contribution in [0.5, 0.6) is 0 Å². The normalized spacial score (nSPS) is 10.9. The van der Waals surface area contributed by atoms with Gasteiger partial charge in [0.2, 0.25) is 5.91 Å². The van der Waals surface area contributed by atoms with Crippen LogP contribution in [-0.4, -0.2) is 16.6 Å². The predicted molar refractivity (Wildman–Crippen MR) is 123 cm³/mol. The van der Waals surface area contributed by atoms with Gasteiger partial charge in [0.15, 0.2) is 11.0 Å². The molecule has 6 heteroatoms. The quantitative estimate of drug-likeness (QED) is 0.226. The Morgan fingerprint density at radius 3 is 2.50 bits per heavy atom. The van der Waals surface area contributed by atoms with Crippen molar-refractivity contribution in [1.82, 2.24) is 4.98 Å². The summed E-state index contributed by atoms with van der Waals surface area (Å²) in [6.07, 6.45) is 0. The Bertz CT molecular complexity index is 1110. The molecular weight excluding hydrogens is 481 g/mol. The molecule has 1 amide bonds. The molecule has 28 heavy (non-hydrogen) atoms. The summed E-state index contributed by atoms with van der Waals surface area (Å²) in [7, 11) is 0. The fraction of sp³-hybridized carbons (Fsp3) is 0.0909. The van der Waals surface area contributed by atoms with E-state index in [1.165, 1.54) is 17.3 Å². The summed E-state index contributed by atoms with van der Waals surface area (Å²) in [4.78, 5) is 15.9. The summed E-state index contributed by atoms with van der Waals surface area (Å²) >= 11 is 3.75. The van der Waals surface area contributed by atoms with E-state index in [1.807, 2.05) is 54.6 Å². The summed E-state index contributed by atoms with van der Waals surface area (Å²) in [6.45, 7) is 0.755. The van der Waals surface area contributed by atoms with Crippen molar-refractivity contribution in [3.05, 3.63) is 88.0 Å². The van der Waals surface area contributed by atoms with Gasteiger partial charge in [-0.3, -0.25) is 4.79 Å². The number of para-hydroxylation sites is 3. The highest BCUT2D eigenvalue weighted by Gasteiger charge is 2.20. The van der Waals surface area contributed by atoms with Gasteiger partial charge in [-0.25, -0.2) is 9.55 Å². The molecule has 1 aromatic heterocycles. The number of thioether (sulfide) groups is 1. The first-order chi connectivity index (χ1) is 13.7. The molecule has 0 bridgehead atoms. The average Bonchev–Trinajstić information content (AvgIpc) is 3.06. The maximum atomic E-state index is 12.5. The van der Waals surface area contributed by atoms with Crippen LogP contribution in [-0.2, 0) is 11.3 Å². The van der Waals surface area contributed by atoms with Crippen molar-refractivity contribution in [3.8, 4) is 0 Å². The number of aromatic nitrogens is 2. The molecule has 2 N–H and O–H groups in total. The lowest BCUT2D eigenvalue weighted by Gasteiger charge is -2.06. The first kappa shape index (κ1) is 19.0. The van der Waals surface area contributed by atoms with E-state index < -0.39 is 0 Å². The molecule has 4 nitrogen and oxygen atoms in total. The summed E-state index contributed by atoms with van der Waals surface area (Å²) in [5.74, 6) is 0.325. The number of carbonyl (C=O) groups is 1. The van der Waals surface area contributed by atoms with E-state index in [9.17, 15) is 4.79 Å². The second-order valence-electron chi connectivity index (χ2n) is 6.34. The zero-order chi connectivity index (χ0) is 19.3. The van der Waals surface area contributed by atoms with Crippen molar-refractivity contribution in [1.29, 1.82) is 0 Å². The molecule has 0 aliphatic carbocycles. The maximum Gasteiger partial charge on any atom is 0.317 e. The van der Waals surface area contributed by atoms with E-state index in [4.69, 9.17) is 0 Å². The van der Waals surface area contributed by atoms with Crippen LogP contribution in [0.2, 0.25) is 0 Å². The minimum atomic E-state index is -0.0148. The SMILES string of the molecule is O=C(CSc1[nH]c2ccccc2[n+]1Cc1ccccc1)Nc1ccccc1I. The molecular formula is C22H19IN3OS+. The summed E-state index contributed by atoms with van der Waals surface area (Å²) in [5, 5.41) is 3.97. The highest BCUT2D eigenvalue weighted by molar-refractivity contribution is 14.1. The van der Waals surface area contributed by atoms with Crippen LogP contribution in [0.3, 0.4) is 0 Å². The number of rotatable bonds is 6. The van der Waals surface area contributed by atoms with Gasteiger partial charge in [-0.15, -0.1) is 0 Å². The van der Waals surface area contributed by atoms with Crippen LogP contribution < -0.4 is 9.88 Å². The third-order valence-electron chi connectivity index (χ3n) is 4.35. The van der Waals surface area contributed by atoms with E-state index in [0.717, 1.165) is 32.0 Å². The Labute approximate surface area is 181 Å². The van der Waals surface area contributed by atoms with Crippen LogP contribution in [0.15, 0.2) is 84.0 Å². The number of carbonyl (C=O) groups excluding carboxylic acids is 1. The Kier molecular flexibility index (Phi) is 5.97. The number of nitrogens with one attached hydrogen (secondary N) is 2. The van der Waals surface area contributed by atoms with E-state index >= 15 is 0 Å². The minimum Gasteiger partial charge on any atom is -0.324 e. The van der Waals surface area contributed by atoms with Crippen LogP contribution in [0.1, 0.15) is 5.56 Å². The number of amides is 1. The number of fused-ring (bicyclic) bond motifs is 1. The number of hydrogen-bond donors (Lipinski definition) is 2. The molecule has 0 saturated heterocycles. The van der Waals surface area contributed by atoms with Crippen molar-refractivity contribution >= 4 is 57.0 Å². The van der Waals surface area contributed by atoms with Crippen LogP contribution in [0, 0.1) is 3.57 Å². The van der Waals surface area contributed by atoms with Crippen molar-refractivity contribution in [3.63, 3.8) is 0 Å². The molecule has 0 unspecified atom stereocenters. The van der Waals surface area contributed by atoms with E-state index in [2.05, 4.69) is 61.7 Å². The van der Waals surface area contributed by atoms with Crippen molar-refractivity contribution in [2.75, 3.05) is 11.1 Å². The van der Waals surface area contributed by atoms with Gasteiger partial charge >= 0.3 is 5.16 Å². The lowest BCUT2D eigenvalue weighted by atomic mass is 10.2. The molecule has 0 fully saturated rings. The average molecular weight is 500 g/mol. The zero-order valence-corrected chi connectivity index (χ0v) is 18.0. The highest BCUT2D eigenvalue weighted by Crippen LogP contribution is 2.21. The van der Waals surface area contributed by atoms with Crippen molar-refractivity contribution < 1.29 is 9.36 Å². The Hall–Kier alpha value is -2.32. The molecule has 0 radical (unpaired) electrons. The van der Waals surface area contributed by atoms with Crippen molar-refractivity contribution in [2.24, 2.45) is 0 Å². The number of anilines is 1. The van der Waals surface area contributed by atoms with E-state index in [-0.39, 0.29) is 5.91 Å². The smallest absolute Gasteiger partial charge is 0.317 e. The standard InChI is InChI=1S/C22H18IN3OS/c23-17-10-4-5-11-18(17)24-21(27)15-28-22-25-19-12-6-7-13-20(19)26(22)14-16-8-2-1-3-9-16/h1-13H,14-15H2,(H,24,27)/p+1. The molecule has 0 saturated carbocycles. The number of H-pyrrole nitrogens is 1. The van der Waals surface area contributed by atoms with Gasteiger partial charge in [0.05, 0.1) is 11.4 Å². The second kappa shape index (κ2) is 8.79. The van der Waals surface area contributed by atoms with Crippen LogP contribution >= 0.6 is 34.4 Å². The summed E-state index contributed by atoms with van der Waals surface area (Å²) in [5.41, 5.74) is 4.27. The fourth-order valence-electron chi connectivity index (χ4n) is 3.03. The van der Waals surface area contributed by atoms with Gasteiger partial charge in [0, 0.05) is 3.57 Å². The maximum absolute atomic E-state index is 12.5. The Morgan fingerprint density at radius 2 is 1.68 bits per heavy atom. The van der Waals surface area contributed by atoms with Crippen molar-refractivity contribution in [2.45, 2.75) is 11.7 Å². The van der Waals surface area contributed by atoms with E-state index in [0.29, 0.717) is 5.75 Å². The van der Waals surface area contributed by atoms with Gasteiger partial charge in [0.25, 0.3) is 0 Å². The lowest BCUT2D eigenvalue weighted by Crippen LogP contribution is -2.35. The molecule has 4 aromatic rings. The topological polar surface area (TPSA) is 48.8 Å². The van der Waals surface area contributed by atoms with E-state index in [1.54, 1.807) is 0 Å². The van der Waals surface area contributed by atoms with Gasteiger partial charge in [0.1, 0.15) is 6.54 Å². The summed E-state index contributed by atoms with van der Waals surface area (Å²) < 4.78 is 3.26. The molecule has 0 atom stereocenters. The number of hydrogen-bond acceptors (Lipinski definition) is 2. The number of halogens is 1. The fourth-order valence-corrected chi connectivity index (χ4v) is 4.39. The highest BCUT2D eigenvalue weighted by atomic mass is 127. The third kappa shape index (κ3) is 4.39. The Balaban J connectivity index is 1.54. The zero-order valence-electron chi connectivity index (χ0n) is 15.1. The molecule has 0 spiro atoms.